The lowest BCUT2D eigenvalue weighted by atomic mass is 9.93. The van der Waals surface area contributed by atoms with E-state index in [1.54, 1.807) is 0 Å². The summed E-state index contributed by atoms with van der Waals surface area (Å²) in [5.41, 5.74) is 1.28. The second-order valence-corrected chi connectivity index (χ2v) is 9.44. The van der Waals surface area contributed by atoms with Gasteiger partial charge in [-0.15, -0.1) is 0 Å². The van der Waals surface area contributed by atoms with Crippen molar-refractivity contribution < 1.29 is 27.1 Å². The number of hydrogen-bond donors (Lipinski definition) is 1. The van der Waals surface area contributed by atoms with E-state index >= 15 is 0 Å². The van der Waals surface area contributed by atoms with Crippen molar-refractivity contribution in [2.45, 2.75) is 43.4 Å². The molecular formula is C18H20ClF2NO4S. The Morgan fingerprint density at radius 1 is 1.37 bits per heavy atom. The van der Waals surface area contributed by atoms with Crippen LogP contribution in [0.5, 0.6) is 5.75 Å². The highest BCUT2D eigenvalue weighted by molar-refractivity contribution is 7.89. The average molecular weight is 420 g/mol. The van der Waals surface area contributed by atoms with Gasteiger partial charge >= 0.3 is 0 Å². The van der Waals surface area contributed by atoms with Gasteiger partial charge in [0.05, 0.1) is 18.1 Å². The molecule has 1 atom stereocenters. The van der Waals surface area contributed by atoms with Crippen LogP contribution in [0.25, 0.3) is 0 Å². The zero-order chi connectivity index (χ0) is 20.0. The number of nitrogens with zero attached hydrogens (tertiary/aromatic N) is 1. The van der Waals surface area contributed by atoms with E-state index in [4.69, 9.17) is 11.6 Å². The highest BCUT2D eigenvalue weighted by Gasteiger charge is 2.51. The zero-order valence-electron chi connectivity index (χ0n) is 14.7. The van der Waals surface area contributed by atoms with Crippen LogP contribution in [0.2, 0.25) is 5.02 Å². The average Bonchev–Trinajstić information content (AvgIpc) is 2.92. The number of rotatable bonds is 6. The monoisotopic (exact) mass is 419 g/mol. The fourth-order valence-electron chi connectivity index (χ4n) is 3.47. The Labute approximate surface area is 161 Å². The number of allylic oxidation sites excluding steroid dienone is 2. The van der Waals surface area contributed by atoms with Gasteiger partial charge in [-0.25, -0.2) is 17.2 Å². The van der Waals surface area contributed by atoms with E-state index in [9.17, 15) is 27.1 Å². The summed E-state index contributed by atoms with van der Waals surface area (Å²) in [6, 6.07) is 2.64. The minimum Gasteiger partial charge on any atom is -0.506 e. The van der Waals surface area contributed by atoms with Crippen molar-refractivity contribution in [3.8, 4) is 5.75 Å². The molecule has 0 saturated carbocycles. The van der Waals surface area contributed by atoms with Crippen LogP contribution in [0.15, 0.2) is 28.7 Å². The third-order valence-electron chi connectivity index (χ3n) is 5.07. The number of phenols is 1. The summed E-state index contributed by atoms with van der Waals surface area (Å²) in [7, 11) is -4.37. The first-order valence-corrected chi connectivity index (χ1v) is 10.4. The molecule has 0 aromatic heterocycles. The number of halogens is 3. The molecule has 1 unspecified atom stereocenters. The number of sulfonamides is 1. The smallest absolute Gasteiger partial charge is 0.275 e. The largest absolute Gasteiger partial charge is 0.506 e. The molecule has 0 amide bonds. The lowest BCUT2D eigenvalue weighted by Gasteiger charge is -2.37. The highest BCUT2D eigenvalue weighted by Crippen LogP contribution is 2.40. The number of carbonyl (C=O) groups excluding carboxylic acids is 1. The van der Waals surface area contributed by atoms with Gasteiger partial charge in [-0.2, -0.15) is 4.31 Å². The maximum Gasteiger partial charge on any atom is 0.275 e. The molecule has 0 radical (unpaired) electrons. The Hall–Kier alpha value is -1.51. The van der Waals surface area contributed by atoms with Crippen LogP contribution in [-0.4, -0.2) is 42.6 Å². The van der Waals surface area contributed by atoms with Crippen LogP contribution in [0.4, 0.5) is 8.78 Å². The highest BCUT2D eigenvalue weighted by atomic mass is 35.5. The Morgan fingerprint density at radius 3 is 2.59 bits per heavy atom. The Morgan fingerprint density at radius 2 is 2.04 bits per heavy atom. The van der Waals surface area contributed by atoms with Crippen LogP contribution in [-0.2, 0) is 21.2 Å². The number of phenolic OH excluding ortho intramolecular Hbond substituents is 1. The van der Waals surface area contributed by atoms with Gasteiger partial charge in [0.1, 0.15) is 16.4 Å². The van der Waals surface area contributed by atoms with E-state index in [0.717, 1.165) is 18.4 Å². The van der Waals surface area contributed by atoms with Crippen molar-refractivity contribution in [3.63, 3.8) is 0 Å². The molecular weight excluding hydrogens is 400 g/mol. The molecule has 1 heterocycles. The van der Waals surface area contributed by atoms with E-state index < -0.39 is 39.7 Å². The molecule has 1 aliphatic carbocycles. The normalized spacial score (nSPS) is 22.4. The molecule has 0 spiro atoms. The van der Waals surface area contributed by atoms with Gasteiger partial charge in [-0.3, -0.25) is 4.79 Å². The first-order valence-electron chi connectivity index (χ1n) is 8.58. The van der Waals surface area contributed by atoms with Crippen LogP contribution in [0, 0.1) is 5.92 Å². The molecule has 9 heteroatoms. The molecule has 1 saturated heterocycles. The van der Waals surface area contributed by atoms with E-state index in [0.29, 0.717) is 10.7 Å². The van der Waals surface area contributed by atoms with Gasteiger partial charge in [0, 0.05) is 18.4 Å². The summed E-state index contributed by atoms with van der Waals surface area (Å²) >= 11 is 5.93. The first kappa shape index (κ1) is 20.2. The van der Waals surface area contributed by atoms with Crippen molar-refractivity contribution in [2.24, 2.45) is 5.92 Å². The van der Waals surface area contributed by atoms with Crippen LogP contribution in [0.1, 0.15) is 31.7 Å². The Kier molecular flexibility index (Phi) is 5.35. The van der Waals surface area contributed by atoms with E-state index in [1.807, 2.05) is 6.92 Å². The zero-order valence-corrected chi connectivity index (χ0v) is 16.3. The second kappa shape index (κ2) is 7.14. The van der Waals surface area contributed by atoms with Crippen molar-refractivity contribution >= 4 is 27.4 Å². The second-order valence-electron chi connectivity index (χ2n) is 7.16. The molecule has 0 bridgehead atoms. The lowest BCUT2D eigenvalue weighted by molar-refractivity contribution is -0.119. The van der Waals surface area contributed by atoms with Crippen LogP contribution >= 0.6 is 11.6 Å². The summed E-state index contributed by atoms with van der Waals surface area (Å²) in [5.74, 6) is -3.70. The summed E-state index contributed by atoms with van der Waals surface area (Å²) in [4.78, 5) is 11.7. The predicted molar refractivity (Wildman–Crippen MR) is 96.6 cm³/mol. The number of carbonyl (C=O) groups is 1. The fourth-order valence-corrected chi connectivity index (χ4v) is 5.58. The lowest BCUT2D eigenvalue weighted by Crippen LogP contribution is -2.58. The number of benzene rings is 1. The van der Waals surface area contributed by atoms with E-state index in [-0.39, 0.29) is 28.7 Å². The molecule has 5 nitrogen and oxygen atoms in total. The number of hydrogen-bond acceptors (Lipinski definition) is 4. The van der Waals surface area contributed by atoms with Gasteiger partial charge in [0.25, 0.3) is 5.92 Å². The molecule has 1 aromatic rings. The summed E-state index contributed by atoms with van der Waals surface area (Å²) in [6.07, 6.45) is 4.08. The third kappa shape index (κ3) is 4.02. The minimum atomic E-state index is -4.37. The Balaban J connectivity index is 1.81. The third-order valence-corrected chi connectivity index (χ3v) is 7.36. The van der Waals surface area contributed by atoms with Gasteiger partial charge in [-0.1, -0.05) is 29.3 Å². The molecule has 2 aliphatic rings. The van der Waals surface area contributed by atoms with E-state index in [2.05, 4.69) is 6.08 Å². The molecule has 1 fully saturated rings. The van der Waals surface area contributed by atoms with Gasteiger partial charge in [-0.05, 0) is 31.7 Å². The SMILES string of the molecule is CC1=CCCC1CC(=O)Cc1ccc(Cl)c(S(=O)(=O)N2CC(F)(F)C2)c1O. The maximum absolute atomic E-state index is 13.1. The molecule has 27 heavy (non-hydrogen) atoms. The fraction of sp³-hybridized carbons (Fsp3) is 0.500. The van der Waals surface area contributed by atoms with E-state index in [1.165, 1.54) is 12.1 Å². The van der Waals surface area contributed by atoms with Crippen molar-refractivity contribution in [1.82, 2.24) is 4.31 Å². The van der Waals surface area contributed by atoms with Crippen molar-refractivity contribution in [1.29, 1.82) is 0 Å². The van der Waals surface area contributed by atoms with Crippen molar-refractivity contribution in [2.75, 3.05) is 13.1 Å². The molecule has 1 aromatic carbocycles. The van der Waals surface area contributed by atoms with Crippen LogP contribution in [0.3, 0.4) is 0 Å². The van der Waals surface area contributed by atoms with Gasteiger partial charge < -0.3 is 5.11 Å². The number of aromatic hydroxyl groups is 1. The number of alkyl halides is 2. The Bertz CT molecular complexity index is 906. The molecule has 148 valence electrons. The molecule has 1 aliphatic heterocycles. The van der Waals surface area contributed by atoms with Crippen molar-refractivity contribution in [3.05, 3.63) is 34.4 Å². The minimum absolute atomic E-state index is 0.120. The number of ketones is 1. The summed E-state index contributed by atoms with van der Waals surface area (Å²) < 4.78 is 51.8. The number of Topliss-reactive ketones (excluding diaryl/α,β-unsaturated/α-hetero) is 1. The van der Waals surface area contributed by atoms with Crippen LogP contribution < -0.4 is 0 Å². The summed E-state index contributed by atoms with van der Waals surface area (Å²) in [5, 5.41) is 10.2. The quantitative estimate of drug-likeness (QED) is 0.715. The first-order chi connectivity index (χ1) is 12.5. The van der Waals surface area contributed by atoms with Gasteiger partial charge in [0.15, 0.2) is 0 Å². The maximum atomic E-state index is 13.1. The molecule has 3 rings (SSSR count). The topological polar surface area (TPSA) is 74.7 Å². The van der Waals surface area contributed by atoms with Gasteiger partial charge in [0.2, 0.25) is 10.0 Å². The summed E-state index contributed by atoms with van der Waals surface area (Å²) in [6.45, 7) is 0.0569. The predicted octanol–water partition coefficient (Wildman–Crippen LogP) is 3.54. The molecule has 1 N–H and O–H groups in total. The standard InChI is InChI=1S/C18H20ClF2NO4S/c1-11-3-2-4-12(11)7-14(23)8-13-5-6-15(19)17(16(13)24)27(25,26)22-9-18(20,21)10-22/h3,5-6,12,24H,2,4,7-10H2,1H3.